The first-order valence-corrected chi connectivity index (χ1v) is 8.71. The van der Waals surface area contributed by atoms with Crippen LogP contribution in [0.4, 0.5) is 0 Å². The average molecular weight is 285 g/mol. The summed E-state index contributed by atoms with van der Waals surface area (Å²) < 4.78 is 26.9. The molecule has 0 aliphatic carbocycles. The van der Waals surface area contributed by atoms with Crippen molar-refractivity contribution in [1.82, 2.24) is 4.72 Å². The molecule has 3 nitrogen and oxygen atoms in total. The molecule has 0 radical (unpaired) electrons. The Morgan fingerprint density at radius 2 is 2.17 bits per heavy atom. The molecule has 5 heteroatoms. The zero-order valence-electron chi connectivity index (χ0n) is 10.8. The molecule has 1 aromatic rings. The summed E-state index contributed by atoms with van der Waals surface area (Å²) in [5, 5.41) is 0. The first kappa shape index (κ1) is 13.9. The van der Waals surface area contributed by atoms with Gasteiger partial charge in [0.25, 0.3) is 0 Å². The molecule has 2 rings (SSSR count). The molecule has 0 bridgehead atoms. The van der Waals surface area contributed by atoms with E-state index in [-0.39, 0.29) is 0 Å². The molecular formula is C13H19NO2S2. The number of nitrogens with one attached hydrogen (secondary N) is 1. The molecular weight excluding hydrogens is 266 g/mol. The highest BCUT2D eigenvalue weighted by atomic mass is 32.2. The van der Waals surface area contributed by atoms with Crippen molar-refractivity contribution >= 4 is 21.8 Å². The maximum atomic E-state index is 12.1. The van der Waals surface area contributed by atoms with Gasteiger partial charge in [0.2, 0.25) is 10.0 Å². The molecule has 0 spiro atoms. The zero-order chi connectivity index (χ0) is 13.2. The summed E-state index contributed by atoms with van der Waals surface area (Å²) in [6.45, 7) is 4.46. The van der Waals surface area contributed by atoms with Crippen LogP contribution in [0, 0.1) is 5.92 Å². The van der Waals surface area contributed by atoms with Crippen molar-refractivity contribution in [2.75, 3.05) is 12.3 Å². The Morgan fingerprint density at radius 3 is 2.89 bits per heavy atom. The van der Waals surface area contributed by atoms with Crippen LogP contribution in [0.3, 0.4) is 0 Å². The molecule has 0 saturated carbocycles. The predicted molar refractivity (Wildman–Crippen MR) is 75.5 cm³/mol. The van der Waals surface area contributed by atoms with Crippen molar-refractivity contribution in [3.63, 3.8) is 0 Å². The molecule has 0 atom stereocenters. The molecule has 100 valence electrons. The molecule has 1 heterocycles. The third-order valence-electron chi connectivity index (χ3n) is 2.87. The quantitative estimate of drug-likeness (QED) is 0.925. The number of sulfonamides is 1. The molecule has 1 aliphatic rings. The molecule has 0 unspecified atom stereocenters. The first-order valence-electron chi connectivity index (χ1n) is 6.24. The van der Waals surface area contributed by atoms with Crippen molar-refractivity contribution in [3.05, 3.63) is 23.8 Å². The molecule has 1 N–H and O–H groups in total. The van der Waals surface area contributed by atoms with E-state index in [1.807, 2.05) is 37.7 Å². The number of rotatable bonds is 4. The van der Waals surface area contributed by atoms with Crippen LogP contribution in [0.1, 0.15) is 25.8 Å². The highest BCUT2D eigenvalue weighted by molar-refractivity contribution is 7.99. The minimum absolute atomic E-state index is 0.313. The predicted octanol–water partition coefficient (Wildman–Crippen LogP) is 2.66. The monoisotopic (exact) mass is 285 g/mol. The summed E-state index contributed by atoms with van der Waals surface area (Å²) in [6, 6.07) is 5.47. The lowest BCUT2D eigenvalue weighted by Crippen LogP contribution is -2.27. The SMILES string of the molecule is CC(C)CNS(=O)(=O)c1ccc2c(c1)CCCS2. The summed E-state index contributed by atoms with van der Waals surface area (Å²) in [5.41, 5.74) is 1.17. The highest BCUT2D eigenvalue weighted by Crippen LogP contribution is 2.31. The largest absolute Gasteiger partial charge is 0.240 e. The summed E-state index contributed by atoms with van der Waals surface area (Å²) in [5.74, 6) is 1.44. The van der Waals surface area contributed by atoms with Gasteiger partial charge in [-0.05, 0) is 48.3 Å². The summed E-state index contributed by atoms with van der Waals surface area (Å²) in [7, 11) is -3.35. The van der Waals surface area contributed by atoms with Crippen LogP contribution in [0.25, 0.3) is 0 Å². The fourth-order valence-corrected chi connectivity index (χ4v) is 4.15. The minimum Gasteiger partial charge on any atom is -0.211 e. The van der Waals surface area contributed by atoms with Gasteiger partial charge >= 0.3 is 0 Å². The van der Waals surface area contributed by atoms with Gasteiger partial charge in [-0.1, -0.05) is 13.8 Å². The second-order valence-corrected chi connectivity index (χ2v) is 7.87. The van der Waals surface area contributed by atoms with Crippen molar-refractivity contribution < 1.29 is 8.42 Å². The smallest absolute Gasteiger partial charge is 0.211 e. The van der Waals surface area contributed by atoms with E-state index < -0.39 is 10.0 Å². The third-order valence-corrected chi connectivity index (χ3v) is 5.50. The van der Waals surface area contributed by atoms with E-state index in [9.17, 15) is 8.42 Å². The Bertz CT molecular complexity index is 524. The summed E-state index contributed by atoms with van der Waals surface area (Å²) >= 11 is 1.81. The van der Waals surface area contributed by atoms with Gasteiger partial charge in [0.1, 0.15) is 0 Å². The first-order chi connectivity index (χ1) is 8.49. The summed E-state index contributed by atoms with van der Waals surface area (Å²) in [4.78, 5) is 1.62. The van der Waals surface area contributed by atoms with E-state index in [0.29, 0.717) is 17.4 Å². The molecule has 0 fully saturated rings. The second-order valence-electron chi connectivity index (χ2n) is 4.97. The summed E-state index contributed by atoms with van der Waals surface area (Å²) in [6.07, 6.45) is 2.11. The van der Waals surface area contributed by atoms with Crippen LogP contribution < -0.4 is 4.72 Å². The molecule has 0 saturated heterocycles. The van der Waals surface area contributed by atoms with Crippen LogP contribution in [0.2, 0.25) is 0 Å². The Balaban J connectivity index is 2.22. The highest BCUT2D eigenvalue weighted by Gasteiger charge is 2.17. The van der Waals surface area contributed by atoms with Gasteiger partial charge in [-0.3, -0.25) is 0 Å². The number of thioether (sulfide) groups is 1. The lowest BCUT2D eigenvalue weighted by atomic mass is 10.1. The van der Waals surface area contributed by atoms with E-state index in [4.69, 9.17) is 0 Å². The van der Waals surface area contributed by atoms with Gasteiger partial charge in [0, 0.05) is 11.4 Å². The van der Waals surface area contributed by atoms with Crippen molar-refractivity contribution in [2.24, 2.45) is 5.92 Å². The molecule has 0 aromatic heterocycles. The maximum absolute atomic E-state index is 12.1. The van der Waals surface area contributed by atoms with Crippen LogP contribution in [0.15, 0.2) is 28.0 Å². The van der Waals surface area contributed by atoms with Crippen LogP contribution in [-0.2, 0) is 16.4 Å². The van der Waals surface area contributed by atoms with E-state index in [1.165, 1.54) is 10.5 Å². The Hall–Kier alpha value is -0.520. The Kier molecular flexibility index (Phi) is 4.35. The number of benzene rings is 1. The fourth-order valence-electron chi connectivity index (χ4n) is 1.86. The van der Waals surface area contributed by atoms with Gasteiger partial charge in [0.15, 0.2) is 0 Å². The molecule has 18 heavy (non-hydrogen) atoms. The standard InChI is InChI=1S/C13H19NO2S2/c1-10(2)9-14-18(15,16)12-5-6-13-11(8-12)4-3-7-17-13/h5-6,8,10,14H,3-4,7,9H2,1-2H3. The lowest BCUT2D eigenvalue weighted by molar-refractivity contribution is 0.560. The Labute approximate surface area is 113 Å². The number of fused-ring (bicyclic) bond motifs is 1. The number of hydrogen-bond donors (Lipinski definition) is 1. The van der Waals surface area contributed by atoms with Gasteiger partial charge < -0.3 is 0 Å². The van der Waals surface area contributed by atoms with E-state index >= 15 is 0 Å². The second kappa shape index (κ2) is 5.63. The topological polar surface area (TPSA) is 46.2 Å². The minimum atomic E-state index is -3.35. The number of aryl methyl sites for hydroxylation is 1. The van der Waals surface area contributed by atoms with Crippen LogP contribution in [0.5, 0.6) is 0 Å². The van der Waals surface area contributed by atoms with E-state index in [0.717, 1.165) is 18.6 Å². The van der Waals surface area contributed by atoms with Crippen LogP contribution >= 0.6 is 11.8 Å². The lowest BCUT2D eigenvalue weighted by Gasteiger charge is -2.16. The average Bonchev–Trinajstić information content (AvgIpc) is 2.36. The molecule has 1 aromatic carbocycles. The molecule has 1 aliphatic heterocycles. The zero-order valence-corrected chi connectivity index (χ0v) is 12.4. The van der Waals surface area contributed by atoms with Gasteiger partial charge in [-0.2, -0.15) is 0 Å². The van der Waals surface area contributed by atoms with Gasteiger partial charge in [-0.15, -0.1) is 11.8 Å². The maximum Gasteiger partial charge on any atom is 0.240 e. The van der Waals surface area contributed by atoms with Gasteiger partial charge in [-0.25, -0.2) is 13.1 Å². The number of hydrogen-bond acceptors (Lipinski definition) is 3. The van der Waals surface area contributed by atoms with E-state index in [2.05, 4.69) is 4.72 Å². The third kappa shape index (κ3) is 3.28. The molecule has 0 amide bonds. The Morgan fingerprint density at radius 1 is 1.39 bits per heavy atom. The normalized spacial score (nSPS) is 15.7. The fraction of sp³-hybridized carbons (Fsp3) is 0.538. The van der Waals surface area contributed by atoms with E-state index in [1.54, 1.807) is 6.07 Å². The van der Waals surface area contributed by atoms with Crippen molar-refractivity contribution in [2.45, 2.75) is 36.5 Å². The van der Waals surface area contributed by atoms with Crippen molar-refractivity contribution in [1.29, 1.82) is 0 Å². The van der Waals surface area contributed by atoms with Crippen LogP contribution in [-0.4, -0.2) is 20.7 Å². The van der Waals surface area contributed by atoms with Gasteiger partial charge in [0.05, 0.1) is 4.90 Å². The van der Waals surface area contributed by atoms with Crippen molar-refractivity contribution in [3.8, 4) is 0 Å².